The molecule has 0 saturated carbocycles. The molecule has 0 amide bonds. The van der Waals surface area contributed by atoms with Crippen molar-refractivity contribution < 1.29 is 4.79 Å². The molecule has 0 spiro atoms. The predicted molar refractivity (Wildman–Crippen MR) is 67.1 cm³/mol. The van der Waals surface area contributed by atoms with Gasteiger partial charge in [0, 0.05) is 0 Å². The van der Waals surface area contributed by atoms with Crippen LogP contribution in [-0.4, -0.2) is 12.6 Å². The predicted octanol–water partition coefficient (Wildman–Crippen LogP) is 3.38. The van der Waals surface area contributed by atoms with Crippen LogP contribution in [0.2, 0.25) is 0 Å². The Balaban J connectivity index is 2.44. The third kappa shape index (κ3) is 4.24. The molecule has 0 aliphatic heterocycles. The number of allylic oxidation sites excluding steroid dienone is 1. The molecule has 1 rings (SSSR count). The Bertz CT molecular complexity index is 403. The highest BCUT2D eigenvalue weighted by atomic mass is 16.1. The zero-order valence-corrected chi connectivity index (χ0v) is 9.70. The number of rotatable bonds is 6. The molecule has 0 saturated heterocycles. The summed E-state index contributed by atoms with van der Waals surface area (Å²) in [7, 11) is 0. The van der Waals surface area contributed by atoms with Crippen LogP contribution in [0.15, 0.2) is 35.8 Å². The molecule has 0 bridgehead atoms. The van der Waals surface area contributed by atoms with Crippen molar-refractivity contribution in [3.05, 3.63) is 42.0 Å². The van der Waals surface area contributed by atoms with Crippen molar-refractivity contribution in [3.63, 3.8) is 0 Å². The summed E-state index contributed by atoms with van der Waals surface area (Å²) in [6, 6.07) is 8.42. The second-order valence-electron chi connectivity index (χ2n) is 3.91. The fourth-order valence-electron chi connectivity index (χ4n) is 1.56. The van der Waals surface area contributed by atoms with Crippen LogP contribution in [0.3, 0.4) is 0 Å². The number of unbranched alkanes of at least 4 members (excludes halogenated alkanes) is 1. The molecule has 0 N–H and O–H groups in total. The first-order valence-electron chi connectivity index (χ1n) is 5.52. The van der Waals surface area contributed by atoms with Crippen LogP contribution in [0.1, 0.15) is 30.9 Å². The number of isocyanates is 1. The van der Waals surface area contributed by atoms with E-state index in [1.807, 2.05) is 6.92 Å². The van der Waals surface area contributed by atoms with Gasteiger partial charge in [0.1, 0.15) is 0 Å². The van der Waals surface area contributed by atoms with E-state index in [0.29, 0.717) is 6.54 Å². The zero-order chi connectivity index (χ0) is 11.8. The summed E-state index contributed by atoms with van der Waals surface area (Å²) in [4.78, 5) is 13.4. The summed E-state index contributed by atoms with van der Waals surface area (Å²) >= 11 is 0. The summed E-state index contributed by atoms with van der Waals surface area (Å²) in [5.74, 6) is 0. The number of aliphatic imine (C=N–C) groups is 1. The average molecular weight is 215 g/mol. The topological polar surface area (TPSA) is 29.4 Å². The molecule has 2 nitrogen and oxygen atoms in total. The summed E-state index contributed by atoms with van der Waals surface area (Å²) < 4.78 is 0. The first kappa shape index (κ1) is 12.4. The highest BCUT2D eigenvalue weighted by Crippen LogP contribution is 2.14. The molecule has 2 heteroatoms. The molecule has 0 unspecified atom stereocenters. The maximum atomic E-state index is 9.86. The van der Waals surface area contributed by atoms with Gasteiger partial charge in [0.2, 0.25) is 6.08 Å². The van der Waals surface area contributed by atoms with Crippen molar-refractivity contribution in [2.24, 2.45) is 4.99 Å². The summed E-state index contributed by atoms with van der Waals surface area (Å²) in [6.45, 7) is 6.53. The van der Waals surface area contributed by atoms with E-state index in [4.69, 9.17) is 0 Å². The summed E-state index contributed by atoms with van der Waals surface area (Å²) in [5.41, 5.74) is 3.60. The normalized spacial score (nSPS) is 9.56. The van der Waals surface area contributed by atoms with E-state index in [-0.39, 0.29) is 0 Å². The summed E-state index contributed by atoms with van der Waals surface area (Å²) in [6.07, 6.45) is 4.56. The van der Waals surface area contributed by atoms with E-state index in [9.17, 15) is 4.79 Å². The van der Waals surface area contributed by atoms with Gasteiger partial charge in [-0.1, -0.05) is 36.4 Å². The quantitative estimate of drug-likeness (QED) is 0.406. The van der Waals surface area contributed by atoms with Gasteiger partial charge in [-0.05, 0) is 37.3 Å². The third-order valence-corrected chi connectivity index (χ3v) is 2.47. The molecule has 0 fully saturated rings. The van der Waals surface area contributed by atoms with Crippen molar-refractivity contribution in [1.29, 1.82) is 0 Å². The van der Waals surface area contributed by atoms with E-state index >= 15 is 0 Å². The maximum Gasteiger partial charge on any atom is 0.234 e. The Morgan fingerprint density at radius 1 is 1.44 bits per heavy atom. The van der Waals surface area contributed by atoms with E-state index in [0.717, 1.165) is 24.8 Å². The van der Waals surface area contributed by atoms with Gasteiger partial charge in [-0.25, -0.2) is 9.79 Å². The second kappa shape index (κ2) is 6.76. The van der Waals surface area contributed by atoms with Crippen LogP contribution in [-0.2, 0) is 11.2 Å². The van der Waals surface area contributed by atoms with Crippen LogP contribution in [0, 0.1) is 0 Å². The Hall–Kier alpha value is -1.66. The largest absolute Gasteiger partial charge is 0.234 e. The Labute approximate surface area is 96.7 Å². The smallest absolute Gasteiger partial charge is 0.211 e. The SMILES string of the molecule is C=C(C)c1cccc(CCCCN=C=O)c1. The van der Waals surface area contributed by atoms with Gasteiger partial charge in [-0.2, -0.15) is 0 Å². The van der Waals surface area contributed by atoms with E-state index < -0.39 is 0 Å². The van der Waals surface area contributed by atoms with Crippen molar-refractivity contribution in [2.45, 2.75) is 26.2 Å². The maximum absolute atomic E-state index is 9.86. The van der Waals surface area contributed by atoms with Crippen LogP contribution in [0.5, 0.6) is 0 Å². The van der Waals surface area contributed by atoms with Gasteiger partial charge < -0.3 is 0 Å². The molecular weight excluding hydrogens is 198 g/mol. The standard InChI is InChI=1S/C14H17NO/c1-12(2)14-8-5-7-13(10-14)6-3-4-9-15-11-16/h5,7-8,10H,1,3-4,6,9H2,2H3. The van der Waals surface area contributed by atoms with E-state index in [1.165, 1.54) is 11.1 Å². The van der Waals surface area contributed by atoms with Crippen molar-refractivity contribution >= 4 is 11.7 Å². The molecule has 1 aromatic carbocycles. The van der Waals surface area contributed by atoms with E-state index in [1.54, 1.807) is 6.08 Å². The number of hydrogen-bond acceptors (Lipinski definition) is 2. The molecule has 16 heavy (non-hydrogen) atoms. The third-order valence-electron chi connectivity index (χ3n) is 2.47. The first-order valence-corrected chi connectivity index (χ1v) is 5.52. The number of nitrogens with zero attached hydrogens (tertiary/aromatic N) is 1. The molecule has 0 heterocycles. The average Bonchev–Trinajstić information content (AvgIpc) is 2.29. The second-order valence-corrected chi connectivity index (χ2v) is 3.91. The monoisotopic (exact) mass is 215 g/mol. The first-order chi connectivity index (χ1) is 7.74. The number of benzene rings is 1. The minimum absolute atomic E-state index is 0.587. The van der Waals surface area contributed by atoms with Gasteiger partial charge >= 0.3 is 0 Å². The Kier molecular flexibility index (Phi) is 5.24. The van der Waals surface area contributed by atoms with Crippen molar-refractivity contribution in [2.75, 3.05) is 6.54 Å². The van der Waals surface area contributed by atoms with Crippen molar-refractivity contribution in [3.8, 4) is 0 Å². The molecule has 84 valence electrons. The van der Waals surface area contributed by atoms with Gasteiger partial charge in [0.15, 0.2) is 0 Å². The minimum Gasteiger partial charge on any atom is -0.211 e. The van der Waals surface area contributed by atoms with Gasteiger partial charge in [-0.3, -0.25) is 0 Å². The lowest BCUT2D eigenvalue weighted by Crippen LogP contribution is -1.89. The molecule has 0 radical (unpaired) electrons. The Morgan fingerprint density at radius 2 is 2.25 bits per heavy atom. The van der Waals surface area contributed by atoms with E-state index in [2.05, 4.69) is 35.8 Å². The lowest BCUT2D eigenvalue weighted by molar-refractivity contribution is 0.562. The Morgan fingerprint density at radius 3 is 2.94 bits per heavy atom. The summed E-state index contributed by atoms with van der Waals surface area (Å²) in [5, 5.41) is 0. The van der Waals surface area contributed by atoms with Crippen LogP contribution < -0.4 is 0 Å². The molecule has 0 aliphatic rings. The van der Waals surface area contributed by atoms with Gasteiger partial charge in [0.05, 0.1) is 6.54 Å². The lowest BCUT2D eigenvalue weighted by atomic mass is 10.0. The number of hydrogen-bond donors (Lipinski definition) is 0. The molecule has 0 aromatic heterocycles. The number of carbonyl (C=O) groups excluding carboxylic acids is 1. The highest BCUT2D eigenvalue weighted by molar-refractivity contribution is 5.61. The highest BCUT2D eigenvalue weighted by Gasteiger charge is 1.96. The van der Waals surface area contributed by atoms with Crippen LogP contribution in [0.4, 0.5) is 0 Å². The molecule has 0 aliphatic carbocycles. The fraction of sp³-hybridized carbons (Fsp3) is 0.357. The zero-order valence-electron chi connectivity index (χ0n) is 9.70. The van der Waals surface area contributed by atoms with Gasteiger partial charge in [0.25, 0.3) is 0 Å². The fourth-order valence-corrected chi connectivity index (χ4v) is 1.56. The van der Waals surface area contributed by atoms with Crippen LogP contribution >= 0.6 is 0 Å². The molecule has 1 aromatic rings. The minimum atomic E-state index is 0.587. The molecular formula is C14H17NO. The van der Waals surface area contributed by atoms with Crippen LogP contribution in [0.25, 0.3) is 5.57 Å². The molecule has 0 atom stereocenters. The lowest BCUT2D eigenvalue weighted by Gasteiger charge is -2.04. The van der Waals surface area contributed by atoms with Gasteiger partial charge in [-0.15, -0.1) is 0 Å². The number of aryl methyl sites for hydroxylation is 1. The van der Waals surface area contributed by atoms with Crippen molar-refractivity contribution in [1.82, 2.24) is 0 Å².